The van der Waals surface area contributed by atoms with E-state index in [1.165, 1.54) is 0 Å². The van der Waals surface area contributed by atoms with Crippen molar-refractivity contribution in [3.8, 4) is 0 Å². The Morgan fingerprint density at radius 2 is 1.62 bits per heavy atom. The molecule has 0 amide bonds. The van der Waals surface area contributed by atoms with E-state index in [2.05, 4.69) is 0 Å². The predicted octanol–water partition coefficient (Wildman–Crippen LogP) is 3.23. The number of benzene rings is 1. The number of rotatable bonds is 8. The van der Waals surface area contributed by atoms with Crippen molar-refractivity contribution in [2.24, 2.45) is 11.3 Å². The molecule has 1 aromatic carbocycles. The van der Waals surface area contributed by atoms with E-state index in [0.717, 1.165) is 25.7 Å². The summed E-state index contributed by atoms with van der Waals surface area (Å²) in [5, 5.41) is 11.4. The molecule has 0 unspecified atom stereocenters. The fourth-order valence-electron chi connectivity index (χ4n) is 3.57. The highest BCUT2D eigenvalue weighted by molar-refractivity contribution is 5.81. The number of likely N-dealkylation sites (N-methyl/N-ethyl adjacent to an activating group) is 1. The van der Waals surface area contributed by atoms with E-state index in [4.69, 9.17) is 9.47 Å². The van der Waals surface area contributed by atoms with Crippen LogP contribution in [0.2, 0.25) is 0 Å². The van der Waals surface area contributed by atoms with E-state index < -0.39 is 17.0 Å². The minimum atomic E-state index is -1.62. The average molecular weight is 407 g/mol. The number of hydrogen-bond donors (Lipinski definition) is 1. The minimum absolute atomic E-state index is 0.132. The number of hydrogen-bond acceptors (Lipinski definition) is 5. The third-order valence-electron chi connectivity index (χ3n) is 5.56. The van der Waals surface area contributed by atoms with Gasteiger partial charge in [-0.05, 0) is 39.2 Å². The lowest BCUT2D eigenvalue weighted by atomic mass is 9.80. The van der Waals surface area contributed by atoms with Crippen molar-refractivity contribution in [1.29, 1.82) is 0 Å². The number of carbonyl (C=O) groups excluding carboxylic acids is 2. The third kappa shape index (κ3) is 6.03. The van der Waals surface area contributed by atoms with Crippen molar-refractivity contribution in [1.82, 2.24) is 0 Å². The van der Waals surface area contributed by atoms with Gasteiger partial charge in [-0.25, -0.2) is 4.79 Å². The summed E-state index contributed by atoms with van der Waals surface area (Å²) in [6.45, 7) is 6.23. The summed E-state index contributed by atoms with van der Waals surface area (Å²) in [7, 11) is 3.81. The molecular weight excluding hydrogens is 370 g/mol. The van der Waals surface area contributed by atoms with Gasteiger partial charge in [0.1, 0.15) is 13.2 Å². The Hall–Kier alpha value is -1.92. The minimum Gasteiger partial charge on any atom is -0.457 e. The molecule has 1 atom stereocenters. The Morgan fingerprint density at radius 3 is 2.17 bits per heavy atom. The molecule has 1 aromatic rings. The zero-order valence-corrected chi connectivity index (χ0v) is 18.4. The van der Waals surface area contributed by atoms with Crippen molar-refractivity contribution in [2.45, 2.75) is 52.1 Å². The normalized spacial score (nSPS) is 17.6. The van der Waals surface area contributed by atoms with Gasteiger partial charge in [0.15, 0.2) is 5.60 Å². The van der Waals surface area contributed by atoms with Crippen LogP contribution in [0.5, 0.6) is 0 Å². The van der Waals surface area contributed by atoms with Crippen LogP contribution in [-0.2, 0) is 24.7 Å². The molecule has 1 fully saturated rings. The van der Waals surface area contributed by atoms with Crippen LogP contribution < -0.4 is 0 Å². The van der Waals surface area contributed by atoms with Gasteiger partial charge in [0.2, 0.25) is 6.73 Å². The smallest absolute Gasteiger partial charge is 0.343 e. The third-order valence-corrected chi connectivity index (χ3v) is 5.56. The lowest BCUT2D eigenvalue weighted by molar-refractivity contribution is -0.907. The van der Waals surface area contributed by atoms with E-state index >= 15 is 0 Å². The summed E-state index contributed by atoms with van der Waals surface area (Å²) in [6.07, 6.45) is 3.64. The molecule has 29 heavy (non-hydrogen) atoms. The van der Waals surface area contributed by atoms with Gasteiger partial charge in [0.05, 0.1) is 19.5 Å². The average Bonchev–Trinajstić information content (AvgIpc) is 3.20. The van der Waals surface area contributed by atoms with Gasteiger partial charge in [-0.1, -0.05) is 43.2 Å². The SMILES string of the molecule is CC(C)(C)C(=O)OC[N+](C)(C)CCOC(=O)[C@@](O)(c1ccccc1)C1CCCC1. The van der Waals surface area contributed by atoms with Crippen molar-refractivity contribution in [3.05, 3.63) is 35.9 Å². The first-order chi connectivity index (χ1) is 13.5. The number of esters is 2. The molecule has 0 heterocycles. The fourth-order valence-corrected chi connectivity index (χ4v) is 3.57. The molecule has 1 saturated carbocycles. The lowest BCUT2D eigenvalue weighted by Crippen LogP contribution is -2.48. The molecule has 1 N–H and O–H groups in total. The second-order valence-electron chi connectivity index (χ2n) is 9.72. The maximum absolute atomic E-state index is 13.0. The van der Waals surface area contributed by atoms with Crippen LogP contribution in [0.4, 0.5) is 0 Å². The highest BCUT2D eigenvalue weighted by Crippen LogP contribution is 2.41. The first-order valence-electron chi connectivity index (χ1n) is 10.4. The van der Waals surface area contributed by atoms with Gasteiger partial charge in [-0.15, -0.1) is 0 Å². The molecule has 0 saturated heterocycles. The van der Waals surface area contributed by atoms with Gasteiger partial charge in [0, 0.05) is 5.92 Å². The molecule has 1 aliphatic carbocycles. The highest BCUT2D eigenvalue weighted by Gasteiger charge is 2.47. The van der Waals surface area contributed by atoms with Crippen LogP contribution in [0.3, 0.4) is 0 Å². The summed E-state index contributed by atoms with van der Waals surface area (Å²) in [6, 6.07) is 9.08. The number of nitrogens with zero attached hydrogens (tertiary/aromatic N) is 1. The van der Waals surface area contributed by atoms with Crippen LogP contribution in [-0.4, -0.2) is 55.5 Å². The molecule has 0 radical (unpaired) electrons. The van der Waals surface area contributed by atoms with Crippen molar-refractivity contribution >= 4 is 11.9 Å². The van der Waals surface area contributed by atoms with Crippen LogP contribution >= 0.6 is 0 Å². The molecule has 0 bridgehead atoms. The van der Waals surface area contributed by atoms with Crippen molar-refractivity contribution < 1.29 is 28.7 Å². The van der Waals surface area contributed by atoms with E-state index in [1.807, 2.05) is 53.1 Å². The Kier molecular flexibility index (Phi) is 7.46. The maximum atomic E-state index is 13.0. The molecule has 0 spiro atoms. The zero-order valence-electron chi connectivity index (χ0n) is 18.4. The molecule has 2 rings (SSSR count). The summed E-state index contributed by atoms with van der Waals surface area (Å²) in [5.74, 6) is -0.990. The van der Waals surface area contributed by atoms with E-state index in [0.29, 0.717) is 16.6 Å². The fraction of sp³-hybridized carbons (Fsp3) is 0.652. The van der Waals surface area contributed by atoms with Crippen LogP contribution in [0, 0.1) is 11.3 Å². The van der Waals surface area contributed by atoms with Gasteiger partial charge >= 0.3 is 11.9 Å². The quantitative estimate of drug-likeness (QED) is 0.408. The predicted molar refractivity (Wildman–Crippen MR) is 111 cm³/mol. The number of aliphatic hydroxyl groups is 1. The first-order valence-corrected chi connectivity index (χ1v) is 10.4. The van der Waals surface area contributed by atoms with Crippen molar-refractivity contribution in [3.63, 3.8) is 0 Å². The molecule has 162 valence electrons. The van der Waals surface area contributed by atoms with Gasteiger partial charge in [-0.3, -0.25) is 9.28 Å². The number of ether oxygens (including phenoxy) is 2. The molecule has 6 nitrogen and oxygen atoms in total. The lowest BCUT2D eigenvalue weighted by Gasteiger charge is -2.33. The maximum Gasteiger partial charge on any atom is 0.343 e. The monoisotopic (exact) mass is 406 g/mol. The molecular formula is C23H36NO5+. The molecule has 0 aliphatic heterocycles. The molecule has 1 aliphatic rings. The molecule has 0 aromatic heterocycles. The second kappa shape index (κ2) is 9.26. The van der Waals surface area contributed by atoms with Crippen LogP contribution in [0.15, 0.2) is 30.3 Å². The Bertz CT molecular complexity index is 689. The van der Waals surface area contributed by atoms with Gasteiger partial charge in [-0.2, -0.15) is 0 Å². The topological polar surface area (TPSA) is 72.8 Å². The summed E-state index contributed by atoms with van der Waals surface area (Å²) < 4.78 is 11.3. The Labute approximate surface area is 174 Å². The van der Waals surface area contributed by atoms with E-state index in [9.17, 15) is 14.7 Å². The summed E-state index contributed by atoms with van der Waals surface area (Å²) in [5.41, 5.74) is -1.59. The second-order valence-corrected chi connectivity index (χ2v) is 9.72. The van der Waals surface area contributed by atoms with Gasteiger partial charge in [0.25, 0.3) is 0 Å². The van der Waals surface area contributed by atoms with Crippen LogP contribution in [0.1, 0.15) is 52.0 Å². The summed E-state index contributed by atoms with van der Waals surface area (Å²) in [4.78, 5) is 24.9. The standard InChI is InChI=1S/C23H36NO5/c1-22(2,3)20(25)29-17-24(4,5)15-16-28-21(26)23(27,19-13-9-10-14-19)18-11-7-6-8-12-18/h6-8,11-12,19,27H,9-10,13-17H2,1-5H3/q+1/t23-/m1/s1. The zero-order chi connectivity index (χ0) is 21.7. The number of quaternary nitrogens is 1. The highest BCUT2D eigenvalue weighted by atomic mass is 16.6. The van der Waals surface area contributed by atoms with Crippen molar-refractivity contribution in [2.75, 3.05) is 34.0 Å². The number of carbonyl (C=O) groups is 2. The molecule has 6 heteroatoms. The van der Waals surface area contributed by atoms with Gasteiger partial charge < -0.3 is 14.6 Å². The Morgan fingerprint density at radius 1 is 1.03 bits per heavy atom. The van der Waals surface area contributed by atoms with Crippen LogP contribution in [0.25, 0.3) is 0 Å². The first kappa shape index (κ1) is 23.4. The Balaban J connectivity index is 1.97. The van der Waals surface area contributed by atoms with E-state index in [-0.39, 0.29) is 25.2 Å². The summed E-state index contributed by atoms with van der Waals surface area (Å²) >= 11 is 0. The van der Waals surface area contributed by atoms with E-state index in [1.54, 1.807) is 12.1 Å². The largest absolute Gasteiger partial charge is 0.457 e.